The molecule has 60 heavy (non-hydrogen) atoms. The summed E-state index contributed by atoms with van der Waals surface area (Å²) in [5.41, 5.74) is 0. The fourth-order valence-corrected chi connectivity index (χ4v) is 35.0. The van der Waals surface area contributed by atoms with E-state index in [4.69, 9.17) is 25.6 Å². The van der Waals surface area contributed by atoms with Crippen molar-refractivity contribution in [3.8, 4) is 0 Å². The maximum atomic E-state index is 6.34. The van der Waals surface area contributed by atoms with Gasteiger partial charge in [0.15, 0.2) is 0 Å². The van der Waals surface area contributed by atoms with Crippen LogP contribution in [-0.2, 0) is 19.8 Å². The highest BCUT2D eigenvalue weighted by atomic mass is 33.1. The smallest absolute Gasteiger partial charge is 0.147 e. The number of hydrogen-bond donors (Lipinski definition) is 0. The topological polar surface area (TPSA) is 74.2 Å². The fourth-order valence-electron chi connectivity index (χ4n) is 7.47. The van der Waals surface area contributed by atoms with Gasteiger partial charge in [-0.2, -0.15) is 16.6 Å². The molecule has 2 atom stereocenters. The summed E-state index contributed by atoms with van der Waals surface area (Å²) in [7, 11) is -14.6. The molecular formula is C48H40N6P4S2. The number of hydrogen-bond acceptors (Lipinski definition) is 6. The van der Waals surface area contributed by atoms with Crippen LogP contribution in [0.5, 0.6) is 0 Å². The van der Waals surface area contributed by atoms with Crippen molar-refractivity contribution in [3.05, 3.63) is 243 Å². The highest BCUT2D eigenvalue weighted by Gasteiger charge is 2.41. The van der Waals surface area contributed by atoms with E-state index >= 15 is 0 Å². The maximum Gasteiger partial charge on any atom is 0.147 e. The highest BCUT2D eigenvalue weighted by molar-refractivity contribution is 8.64. The van der Waals surface area contributed by atoms with Gasteiger partial charge in [-0.05, 0) is 0 Å². The van der Waals surface area contributed by atoms with Gasteiger partial charge < -0.3 is 0 Å². The molecule has 0 bridgehead atoms. The molecule has 0 spiro atoms. The lowest BCUT2D eigenvalue weighted by atomic mass is 10.4. The van der Waals surface area contributed by atoms with E-state index in [-0.39, 0.29) is 0 Å². The van der Waals surface area contributed by atoms with E-state index in [1.807, 2.05) is 0 Å². The van der Waals surface area contributed by atoms with Gasteiger partial charge in [-0.25, -0.2) is 9.03 Å². The Morgan fingerprint density at radius 1 is 0.217 bits per heavy atom. The van der Waals surface area contributed by atoms with Gasteiger partial charge in [0.05, 0.1) is 0 Å². The average molecular weight is 889 g/mol. The van der Waals surface area contributed by atoms with Crippen molar-refractivity contribution in [2.24, 2.45) is 25.6 Å². The number of rotatable bonds is 8. The molecule has 12 heteroatoms. The molecule has 2 unspecified atom stereocenters. The third-order valence-electron chi connectivity index (χ3n) is 10.3. The quantitative estimate of drug-likeness (QED) is 0.108. The molecule has 0 radical (unpaired) electrons. The zero-order valence-corrected chi connectivity index (χ0v) is 37.6. The second-order valence-electron chi connectivity index (χ2n) is 14.1. The zero-order valence-electron chi connectivity index (χ0n) is 32.4. The lowest BCUT2D eigenvalue weighted by Gasteiger charge is -2.28. The normalized spacial score (nSPS) is 19.3. The number of fused-ring (bicyclic) bond motifs is 1. The van der Waals surface area contributed by atoms with Crippen molar-refractivity contribution in [3.63, 3.8) is 0 Å². The van der Waals surface area contributed by atoms with Gasteiger partial charge >= 0.3 is 0 Å². The molecule has 2 aliphatic heterocycles. The van der Waals surface area contributed by atoms with E-state index in [1.165, 1.54) is 0 Å². The molecular weight excluding hydrogens is 849 g/mol. The van der Waals surface area contributed by atoms with Crippen molar-refractivity contribution < 1.29 is 0 Å². The lowest BCUT2D eigenvalue weighted by Crippen LogP contribution is -2.19. The predicted molar refractivity (Wildman–Crippen MR) is 266 cm³/mol. The van der Waals surface area contributed by atoms with E-state index in [2.05, 4.69) is 243 Å². The van der Waals surface area contributed by atoms with Gasteiger partial charge in [0.25, 0.3) is 0 Å². The standard InChI is InChI=1S/C48H40N6P4S2/c1-9-25-41(26-10-1)55(42-27-11-2-12-28-42)49-56(43-29-13-3-14-30-43,44-31-15-4-16-32-44)52-60-54-58(47-37-21-7-22-38-47,48-39-23-8-24-40-48)50-57(53-59(60)51-55,45-33-17-5-18-34-45)46-35-19-6-20-36-46/h1-40H. The summed E-state index contributed by atoms with van der Waals surface area (Å²) in [5.74, 6) is 0. The van der Waals surface area contributed by atoms with Gasteiger partial charge in [-0.15, -0.1) is 0 Å². The molecule has 10 rings (SSSR count). The molecule has 6 nitrogen and oxygen atoms in total. The maximum absolute atomic E-state index is 6.34. The zero-order chi connectivity index (χ0) is 40.3. The van der Waals surface area contributed by atoms with Gasteiger partial charge in [-0.1, -0.05) is 243 Å². The Hall–Kier alpha value is -5.02. The molecule has 0 saturated carbocycles. The number of benzene rings is 8. The molecule has 0 aliphatic carbocycles. The van der Waals surface area contributed by atoms with Gasteiger partial charge in [0.1, 0.15) is 48.6 Å². The van der Waals surface area contributed by atoms with E-state index in [9.17, 15) is 0 Å². The second kappa shape index (κ2) is 16.8. The van der Waals surface area contributed by atoms with Crippen molar-refractivity contribution in [2.45, 2.75) is 0 Å². The Morgan fingerprint density at radius 3 is 0.567 bits per heavy atom. The largest absolute Gasteiger partial charge is 0.222 e. The summed E-state index contributed by atoms with van der Waals surface area (Å²) in [6, 6.07) is 85.5. The highest BCUT2D eigenvalue weighted by Crippen LogP contribution is 2.69. The van der Waals surface area contributed by atoms with Gasteiger partial charge in [0.2, 0.25) is 0 Å². The van der Waals surface area contributed by atoms with Crippen molar-refractivity contribution in [1.29, 1.82) is 0 Å². The minimum Gasteiger partial charge on any atom is -0.222 e. The summed E-state index contributed by atoms with van der Waals surface area (Å²) >= 11 is 0. The molecule has 2 aliphatic rings. The van der Waals surface area contributed by atoms with Crippen LogP contribution in [0.1, 0.15) is 0 Å². The molecule has 8 aromatic rings. The second-order valence-corrected chi connectivity index (χ2v) is 29.8. The third-order valence-corrected chi connectivity index (χ3v) is 32.1. The third kappa shape index (κ3) is 7.00. The summed E-state index contributed by atoms with van der Waals surface area (Å²) in [6.07, 6.45) is 0. The first-order chi connectivity index (χ1) is 29.6. The monoisotopic (exact) mass is 888 g/mol. The van der Waals surface area contributed by atoms with Crippen LogP contribution in [0.4, 0.5) is 0 Å². The molecule has 0 aromatic heterocycles. The first-order valence-electron chi connectivity index (χ1n) is 19.6. The van der Waals surface area contributed by atoms with Crippen LogP contribution in [0.3, 0.4) is 0 Å². The molecule has 0 N–H and O–H groups in total. The molecule has 0 saturated heterocycles. The van der Waals surface area contributed by atoms with Crippen LogP contribution in [0.15, 0.2) is 268 Å². The van der Waals surface area contributed by atoms with E-state index in [1.54, 1.807) is 0 Å². The number of nitrogens with zero attached hydrogens (tertiary/aromatic N) is 6. The summed E-state index contributed by atoms with van der Waals surface area (Å²) in [6.45, 7) is 0. The Bertz CT molecular complexity index is 2710. The minimum atomic E-state index is -3.07. The van der Waals surface area contributed by atoms with Crippen molar-refractivity contribution >= 4 is 91.1 Å². The van der Waals surface area contributed by atoms with Crippen LogP contribution in [0.25, 0.3) is 0 Å². The average Bonchev–Trinajstić information content (AvgIpc) is 3.58. The van der Waals surface area contributed by atoms with Crippen LogP contribution < -0.4 is 42.4 Å². The van der Waals surface area contributed by atoms with E-state index < -0.39 is 48.6 Å². The van der Waals surface area contributed by atoms with Gasteiger partial charge in [-0.3, -0.25) is 0 Å². The summed E-state index contributed by atoms with van der Waals surface area (Å²) in [5, 5.41) is 8.50. The summed E-state index contributed by atoms with van der Waals surface area (Å²) in [4.78, 5) is 0. The molecule has 0 fully saturated rings. The minimum absolute atomic E-state index is 1.06. The Balaban J connectivity index is 1.51. The Morgan fingerprint density at radius 2 is 0.383 bits per heavy atom. The molecule has 2 heterocycles. The fraction of sp³-hybridized carbons (Fsp3) is 0. The van der Waals surface area contributed by atoms with Crippen LogP contribution in [-0.4, -0.2) is 0 Å². The van der Waals surface area contributed by atoms with Crippen LogP contribution in [0, 0.1) is 0 Å². The molecule has 0 amide bonds. The van der Waals surface area contributed by atoms with Crippen LogP contribution in [0.2, 0.25) is 0 Å². The lowest BCUT2D eigenvalue weighted by molar-refractivity contribution is 1.66. The predicted octanol–water partition coefficient (Wildman–Crippen LogP) is 11.4. The SMILES string of the molecule is c1ccc(P2(c3ccccc3)=NS3=NP(c4ccccc4)(c4ccccc4)=NP(c4ccccc4)(c4ccccc4)=NS3=NP(c3ccccc3)(c3ccccc3)=N2)cc1. The Labute approximate surface area is 357 Å². The van der Waals surface area contributed by atoms with E-state index in [0.717, 1.165) is 42.4 Å². The summed E-state index contributed by atoms with van der Waals surface area (Å²) < 4.78 is 37.6. The molecule has 8 aromatic carbocycles. The van der Waals surface area contributed by atoms with Gasteiger partial charge in [0, 0.05) is 42.4 Å². The van der Waals surface area contributed by atoms with Crippen molar-refractivity contribution in [1.82, 2.24) is 0 Å². The van der Waals surface area contributed by atoms with Crippen LogP contribution >= 0.6 is 28.8 Å². The Kier molecular flexibility index (Phi) is 11.0. The van der Waals surface area contributed by atoms with Crippen molar-refractivity contribution in [2.75, 3.05) is 0 Å². The van der Waals surface area contributed by atoms with E-state index in [0.29, 0.717) is 0 Å². The first-order valence-corrected chi connectivity index (χ1v) is 29.1. The molecule has 294 valence electrons. The first kappa shape index (κ1) is 39.1.